The van der Waals surface area contributed by atoms with Gasteiger partial charge in [0.05, 0.1) is 19.0 Å². The summed E-state index contributed by atoms with van der Waals surface area (Å²) < 4.78 is 13.2. The van der Waals surface area contributed by atoms with Gasteiger partial charge < -0.3 is 18.8 Å². The Kier molecular flexibility index (Phi) is 8.31. The zero-order valence-corrected chi connectivity index (χ0v) is 18.3. The molecule has 0 bridgehead atoms. The standard InChI is InChI=1S/C25H34N2O3/c1-20(2)14-26(17-24(28)18-29-19-25-11-7-13-30-25)16-23-10-6-12-27(23)15-22-9-5-4-8-21(22)3/h4-13,20,24,28H,14-19H2,1-3H3. The minimum absolute atomic E-state index is 0.291. The zero-order chi connectivity index (χ0) is 21.3. The Morgan fingerprint density at radius 2 is 1.90 bits per heavy atom. The fourth-order valence-electron chi connectivity index (χ4n) is 3.71. The van der Waals surface area contributed by atoms with Gasteiger partial charge in [-0.25, -0.2) is 0 Å². The normalized spacial score (nSPS) is 12.7. The van der Waals surface area contributed by atoms with Gasteiger partial charge in [0.2, 0.25) is 0 Å². The summed E-state index contributed by atoms with van der Waals surface area (Å²) in [6.07, 6.45) is 3.22. The van der Waals surface area contributed by atoms with Gasteiger partial charge in [0, 0.05) is 38.1 Å². The van der Waals surface area contributed by atoms with Gasteiger partial charge in [-0.2, -0.15) is 0 Å². The van der Waals surface area contributed by atoms with E-state index in [1.54, 1.807) is 6.26 Å². The monoisotopic (exact) mass is 410 g/mol. The molecule has 0 radical (unpaired) electrons. The highest BCUT2D eigenvalue weighted by Gasteiger charge is 2.16. The molecule has 0 saturated carbocycles. The molecule has 0 spiro atoms. The van der Waals surface area contributed by atoms with Crippen LogP contribution in [-0.4, -0.2) is 40.4 Å². The smallest absolute Gasteiger partial charge is 0.129 e. The van der Waals surface area contributed by atoms with E-state index in [1.807, 2.05) is 12.1 Å². The number of ether oxygens (including phenoxy) is 1. The SMILES string of the molecule is Cc1ccccc1Cn1cccc1CN(CC(C)C)CC(O)COCc1ccco1. The van der Waals surface area contributed by atoms with Crippen LogP contribution in [0.2, 0.25) is 0 Å². The molecule has 5 nitrogen and oxygen atoms in total. The number of aliphatic hydroxyl groups excluding tert-OH is 1. The van der Waals surface area contributed by atoms with Gasteiger partial charge in [-0.1, -0.05) is 38.1 Å². The minimum Gasteiger partial charge on any atom is -0.467 e. The lowest BCUT2D eigenvalue weighted by Gasteiger charge is -2.27. The van der Waals surface area contributed by atoms with Crippen LogP contribution in [0.4, 0.5) is 0 Å². The maximum absolute atomic E-state index is 10.5. The van der Waals surface area contributed by atoms with Crippen LogP contribution in [0.3, 0.4) is 0 Å². The van der Waals surface area contributed by atoms with Crippen molar-refractivity contribution in [2.75, 3.05) is 19.7 Å². The maximum Gasteiger partial charge on any atom is 0.129 e. The number of hydrogen-bond donors (Lipinski definition) is 1. The third-order valence-corrected chi connectivity index (χ3v) is 5.14. The van der Waals surface area contributed by atoms with Gasteiger partial charge in [0.25, 0.3) is 0 Å². The summed E-state index contributed by atoms with van der Waals surface area (Å²) in [5.41, 5.74) is 3.89. The lowest BCUT2D eigenvalue weighted by molar-refractivity contribution is 0.00193. The molecular weight excluding hydrogens is 376 g/mol. The second-order valence-electron chi connectivity index (χ2n) is 8.39. The zero-order valence-electron chi connectivity index (χ0n) is 18.3. The fraction of sp³-hybridized carbons (Fsp3) is 0.440. The van der Waals surface area contributed by atoms with Crippen LogP contribution in [0.25, 0.3) is 0 Å². The van der Waals surface area contributed by atoms with Gasteiger partial charge >= 0.3 is 0 Å². The van der Waals surface area contributed by atoms with Crippen molar-refractivity contribution in [2.45, 2.75) is 46.6 Å². The Morgan fingerprint density at radius 1 is 1.07 bits per heavy atom. The molecule has 30 heavy (non-hydrogen) atoms. The lowest BCUT2D eigenvalue weighted by Crippen LogP contribution is -2.37. The van der Waals surface area contributed by atoms with Crippen molar-refractivity contribution in [1.82, 2.24) is 9.47 Å². The highest BCUT2D eigenvalue weighted by atomic mass is 16.5. The molecule has 0 saturated heterocycles. The fourth-order valence-corrected chi connectivity index (χ4v) is 3.71. The van der Waals surface area contributed by atoms with Crippen molar-refractivity contribution in [1.29, 1.82) is 0 Å². The van der Waals surface area contributed by atoms with Crippen LogP contribution in [-0.2, 0) is 24.4 Å². The van der Waals surface area contributed by atoms with Gasteiger partial charge in [-0.3, -0.25) is 4.90 Å². The first-order valence-electron chi connectivity index (χ1n) is 10.7. The van der Waals surface area contributed by atoms with Crippen molar-refractivity contribution in [3.05, 3.63) is 83.6 Å². The van der Waals surface area contributed by atoms with E-state index in [0.29, 0.717) is 25.7 Å². The van der Waals surface area contributed by atoms with E-state index in [1.165, 1.54) is 16.8 Å². The van der Waals surface area contributed by atoms with E-state index in [0.717, 1.165) is 25.4 Å². The predicted octanol–water partition coefficient (Wildman–Crippen LogP) is 4.47. The third-order valence-electron chi connectivity index (χ3n) is 5.14. The first-order valence-corrected chi connectivity index (χ1v) is 10.7. The topological polar surface area (TPSA) is 50.8 Å². The molecule has 2 heterocycles. The second kappa shape index (κ2) is 11.2. The van der Waals surface area contributed by atoms with Crippen molar-refractivity contribution >= 4 is 0 Å². The second-order valence-corrected chi connectivity index (χ2v) is 8.39. The number of furan rings is 1. The summed E-state index contributed by atoms with van der Waals surface area (Å²) >= 11 is 0. The number of hydrogen-bond acceptors (Lipinski definition) is 4. The van der Waals surface area contributed by atoms with Crippen LogP contribution < -0.4 is 0 Å². The molecule has 1 aromatic carbocycles. The molecule has 3 aromatic rings. The summed E-state index contributed by atoms with van der Waals surface area (Å²) in [6, 6.07) is 16.5. The lowest BCUT2D eigenvalue weighted by atomic mass is 10.1. The highest BCUT2D eigenvalue weighted by Crippen LogP contribution is 2.15. The van der Waals surface area contributed by atoms with E-state index in [9.17, 15) is 5.11 Å². The average Bonchev–Trinajstić information content (AvgIpc) is 3.35. The van der Waals surface area contributed by atoms with Crippen molar-refractivity contribution < 1.29 is 14.3 Å². The number of benzene rings is 1. The van der Waals surface area contributed by atoms with Gasteiger partial charge in [0.15, 0.2) is 0 Å². The van der Waals surface area contributed by atoms with E-state index in [-0.39, 0.29) is 0 Å². The molecule has 3 rings (SSSR count). The first kappa shape index (κ1) is 22.3. The van der Waals surface area contributed by atoms with Crippen LogP contribution in [0, 0.1) is 12.8 Å². The molecule has 0 aliphatic heterocycles. The maximum atomic E-state index is 10.5. The molecule has 162 valence electrons. The average molecular weight is 411 g/mol. The molecule has 1 atom stereocenters. The summed E-state index contributed by atoms with van der Waals surface area (Å²) in [5, 5.41) is 10.5. The van der Waals surface area contributed by atoms with E-state index < -0.39 is 6.10 Å². The quantitative estimate of drug-likeness (QED) is 0.479. The molecule has 0 aliphatic rings. The predicted molar refractivity (Wildman–Crippen MR) is 119 cm³/mol. The van der Waals surface area contributed by atoms with Crippen molar-refractivity contribution in [3.8, 4) is 0 Å². The number of rotatable bonds is 12. The number of nitrogens with zero attached hydrogens (tertiary/aromatic N) is 2. The highest BCUT2D eigenvalue weighted by molar-refractivity contribution is 5.26. The summed E-state index contributed by atoms with van der Waals surface area (Å²) in [4.78, 5) is 2.31. The number of aryl methyl sites for hydroxylation is 1. The largest absolute Gasteiger partial charge is 0.467 e. The van der Waals surface area contributed by atoms with Crippen molar-refractivity contribution in [3.63, 3.8) is 0 Å². The molecule has 1 N–H and O–H groups in total. The van der Waals surface area contributed by atoms with Gasteiger partial charge in [-0.15, -0.1) is 0 Å². The molecule has 0 amide bonds. The Bertz CT molecular complexity index is 870. The third kappa shape index (κ3) is 6.87. The molecule has 0 fully saturated rings. The Labute approximate surface area is 179 Å². The molecule has 0 aliphatic carbocycles. The van der Waals surface area contributed by atoms with Crippen LogP contribution in [0.1, 0.15) is 36.4 Å². The first-order chi connectivity index (χ1) is 14.5. The van der Waals surface area contributed by atoms with E-state index >= 15 is 0 Å². The van der Waals surface area contributed by atoms with Crippen LogP contribution >= 0.6 is 0 Å². The molecule has 5 heteroatoms. The van der Waals surface area contributed by atoms with Crippen LogP contribution in [0.5, 0.6) is 0 Å². The molecule has 2 aromatic heterocycles. The van der Waals surface area contributed by atoms with E-state index in [4.69, 9.17) is 9.15 Å². The molecule has 1 unspecified atom stereocenters. The molecular formula is C25H34N2O3. The van der Waals surface area contributed by atoms with Gasteiger partial charge in [-0.05, 0) is 48.2 Å². The Hall–Kier alpha value is -2.34. The number of aromatic nitrogens is 1. The summed E-state index contributed by atoms with van der Waals surface area (Å²) in [7, 11) is 0. The summed E-state index contributed by atoms with van der Waals surface area (Å²) in [5.74, 6) is 1.29. The van der Waals surface area contributed by atoms with Crippen molar-refractivity contribution in [2.24, 2.45) is 5.92 Å². The summed E-state index contributed by atoms with van der Waals surface area (Å²) in [6.45, 7) is 10.4. The number of aliphatic hydroxyl groups is 1. The Balaban J connectivity index is 1.58. The van der Waals surface area contributed by atoms with E-state index in [2.05, 4.69) is 72.8 Å². The van der Waals surface area contributed by atoms with Gasteiger partial charge in [0.1, 0.15) is 12.4 Å². The Morgan fingerprint density at radius 3 is 2.63 bits per heavy atom. The van der Waals surface area contributed by atoms with Crippen LogP contribution in [0.15, 0.2) is 65.4 Å². The minimum atomic E-state index is -0.543.